The molecule has 0 fully saturated rings. The van der Waals surface area contributed by atoms with Crippen LogP contribution in [0.25, 0.3) is 0 Å². The molecule has 0 saturated heterocycles. The number of hydrogen-bond acceptors (Lipinski definition) is 0. The van der Waals surface area contributed by atoms with Crippen LogP contribution in [-0.4, -0.2) is 13.3 Å². The summed E-state index contributed by atoms with van der Waals surface area (Å²) in [4.78, 5) is 0. The fourth-order valence-corrected chi connectivity index (χ4v) is 0.260. The molecule has 0 radical (unpaired) electrons. The highest BCUT2D eigenvalue weighted by atomic mass is 19.1. The maximum atomic E-state index is 11.2. The predicted octanol–water partition coefficient (Wildman–Crippen LogP) is 2.04. The first kappa shape index (κ1) is 7.34. The first-order valence-electron chi connectivity index (χ1n) is 2.35. The number of halogens is 2. The zero-order valence-corrected chi connectivity index (χ0v) is 4.48. The standard InChI is InChI=1S/C6H8F2/c7-5-3-1-2-4-6-8/h1-4H,5-6H2. The first-order chi connectivity index (χ1) is 3.91. The average molecular weight is 118 g/mol. The van der Waals surface area contributed by atoms with Crippen LogP contribution in [0.5, 0.6) is 0 Å². The van der Waals surface area contributed by atoms with E-state index in [1.54, 1.807) is 0 Å². The molecule has 0 unspecified atom stereocenters. The van der Waals surface area contributed by atoms with Crippen molar-refractivity contribution in [3.63, 3.8) is 0 Å². The molecule has 0 bridgehead atoms. The van der Waals surface area contributed by atoms with Crippen LogP contribution in [-0.2, 0) is 0 Å². The number of hydrogen-bond donors (Lipinski definition) is 0. The van der Waals surface area contributed by atoms with Crippen LogP contribution >= 0.6 is 0 Å². The highest BCUT2D eigenvalue weighted by Gasteiger charge is 1.65. The van der Waals surface area contributed by atoms with Gasteiger partial charge < -0.3 is 0 Å². The normalized spacial score (nSPS) is 11.8. The molecule has 8 heavy (non-hydrogen) atoms. The molecule has 0 nitrogen and oxygen atoms in total. The van der Waals surface area contributed by atoms with Crippen molar-refractivity contribution in [3.05, 3.63) is 24.3 Å². The minimum atomic E-state index is -0.489. The first-order valence-corrected chi connectivity index (χ1v) is 2.35. The maximum Gasteiger partial charge on any atom is 0.108 e. The number of alkyl halides is 2. The van der Waals surface area contributed by atoms with Gasteiger partial charge in [0.1, 0.15) is 13.3 Å². The van der Waals surface area contributed by atoms with E-state index in [4.69, 9.17) is 0 Å². The van der Waals surface area contributed by atoms with E-state index in [2.05, 4.69) is 0 Å². The Bertz CT molecular complexity index is 72.5. The van der Waals surface area contributed by atoms with Crippen molar-refractivity contribution < 1.29 is 8.78 Å². The minimum absolute atomic E-state index is 0.489. The molecule has 0 saturated carbocycles. The van der Waals surface area contributed by atoms with E-state index in [0.29, 0.717) is 0 Å². The Morgan fingerprint density at radius 1 is 0.875 bits per heavy atom. The van der Waals surface area contributed by atoms with Crippen LogP contribution in [0, 0.1) is 0 Å². The summed E-state index contributed by atoms with van der Waals surface area (Å²) in [6, 6.07) is 0. The van der Waals surface area contributed by atoms with E-state index < -0.39 is 13.3 Å². The van der Waals surface area contributed by atoms with Gasteiger partial charge in [0.25, 0.3) is 0 Å². The zero-order valence-electron chi connectivity index (χ0n) is 4.48. The zero-order chi connectivity index (χ0) is 6.24. The average Bonchev–Trinajstić information content (AvgIpc) is 1.81. The van der Waals surface area contributed by atoms with E-state index in [1.807, 2.05) is 0 Å². The Morgan fingerprint density at radius 3 is 1.50 bits per heavy atom. The van der Waals surface area contributed by atoms with Crippen LogP contribution in [0.15, 0.2) is 24.3 Å². The van der Waals surface area contributed by atoms with Crippen LogP contribution in [0.4, 0.5) is 8.78 Å². The van der Waals surface area contributed by atoms with Crippen LogP contribution < -0.4 is 0 Å². The van der Waals surface area contributed by atoms with E-state index in [0.717, 1.165) is 0 Å². The van der Waals surface area contributed by atoms with Gasteiger partial charge in [-0.2, -0.15) is 0 Å². The third-order valence-electron chi connectivity index (χ3n) is 0.561. The molecule has 0 aliphatic carbocycles. The van der Waals surface area contributed by atoms with Crippen LogP contribution in [0.3, 0.4) is 0 Å². The summed E-state index contributed by atoms with van der Waals surface area (Å²) in [5.74, 6) is 0. The third kappa shape index (κ3) is 5.34. The number of rotatable bonds is 3. The SMILES string of the molecule is FCC=CC=CCF. The van der Waals surface area contributed by atoms with Crippen molar-refractivity contribution in [2.45, 2.75) is 0 Å². The third-order valence-corrected chi connectivity index (χ3v) is 0.561. The van der Waals surface area contributed by atoms with E-state index in [-0.39, 0.29) is 0 Å². The maximum absolute atomic E-state index is 11.2. The molecule has 0 amide bonds. The van der Waals surface area contributed by atoms with Crippen molar-refractivity contribution in [1.82, 2.24) is 0 Å². The summed E-state index contributed by atoms with van der Waals surface area (Å²) in [5, 5.41) is 0. The van der Waals surface area contributed by atoms with Gasteiger partial charge in [0, 0.05) is 0 Å². The summed E-state index contributed by atoms with van der Waals surface area (Å²) in [6.45, 7) is -0.979. The van der Waals surface area contributed by atoms with Crippen molar-refractivity contribution >= 4 is 0 Å². The second-order valence-corrected chi connectivity index (χ2v) is 1.16. The molecule has 0 aromatic carbocycles. The van der Waals surface area contributed by atoms with Gasteiger partial charge in [-0.25, -0.2) is 8.78 Å². The molecule has 0 N–H and O–H groups in total. The fraction of sp³-hybridized carbons (Fsp3) is 0.333. The van der Waals surface area contributed by atoms with Crippen LogP contribution in [0.2, 0.25) is 0 Å². The molecule has 2 heteroatoms. The molecule has 0 rings (SSSR count). The Hall–Kier alpha value is -0.660. The summed E-state index contributed by atoms with van der Waals surface area (Å²) in [7, 11) is 0. The second-order valence-electron chi connectivity index (χ2n) is 1.16. The largest absolute Gasteiger partial charge is 0.247 e. The molecule has 0 spiro atoms. The van der Waals surface area contributed by atoms with Gasteiger partial charge in [-0.05, 0) is 0 Å². The minimum Gasteiger partial charge on any atom is -0.247 e. The second kappa shape index (κ2) is 6.34. The van der Waals surface area contributed by atoms with E-state index in [1.165, 1.54) is 24.3 Å². The van der Waals surface area contributed by atoms with Gasteiger partial charge in [0.05, 0.1) is 0 Å². The van der Waals surface area contributed by atoms with Crippen molar-refractivity contribution in [2.75, 3.05) is 13.3 Å². The Labute approximate surface area is 47.5 Å². The molecule has 0 aliphatic heterocycles. The van der Waals surface area contributed by atoms with Crippen molar-refractivity contribution in [1.29, 1.82) is 0 Å². The topological polar surface area (TPSA) is 0 Å². The molecule has 0 aliphatic rings. The van der Waals surface area contributed by atoms with Gasteiger partial charge in [0.2, 0.25) is 0 Å². The molecule has 0 atom stereocenters. The Morgan fingerprint density at radius 2 is 1.25 bits per heavy atom. The monoisotopic (exact) mass is 118 g/mol. The molecular formula is C6H8F2. The summed E-state index contributed by atoms with van der Waals surface area (Å²) in [6.07, 6.45) is 5.57. The van der Waals surface area contributed by atoms with E-state index in [9.17, 15) is 8.78 Å². The van der Waals surface area contributed by atoms with Crippen molar-refractivity contribution in [2.24, 2.45) is 0 Å². The molecule has 0 aromatic heterocycles. The van der Waals surface area contributed by atoms with Crippen LogP contribution in [0.1, 0.15) is 0 Å². The van der Waals surface area contributed by atoms with Gasteiger partial charge in [0.15, 0.2) is 0 Å². The molecule has 46 valence electrons. The smallest absolute Gasteiger partial charge is 0.108 e. The summed E-state index contributed by atoms with van der Waals surface area (Å²) in [5.41, 5.74) is 0. The highest BCUT2D eigenvalue weighted by Crippen LogP contribution is 1.78. The predicted molar refractivity (Wildman–Crippen MR) is 30.2 cm³/mol. The lowest BCUT2D eigenvalue weighted by molar-refractivity contribution is 0.559. The lowest BCUT2D eigenvalue weighted by Gasteiger charge is -1.71. The van der Waals surface area contributed by atoms with Gasteiger partial charge in [-0.1, -0.05) is 24.3 Å². The fourth-order valence-electron chi connectivity index (χ4n) is 0.260. The van der Waals surface area contributed by atoms with Crippen molar-refractivity contribution in [3.8, 4) is 0 Å². The molecule has 0 heterocycles. The van der Waals surface area contributed by atoms with Gasteiger partial charge >= 0.3 is 0 Å². The van der Waals surface area contributed by atoms with Gasteiger partial charge in [-0.3, -0.25) is 0 Å². The molecule has 0 aromatic rings. The Kier molecular flexibility index (Phi) is 5.82. The summed E-state index contributed by atoms with van der Waals surface area (Å²) >= 11 is 0. The lowest BCUT2D eigenvalue weighted by atomic mass is 10.4. The quantitative estimate of drug-likeness (QED) is 0.497. The lowest BCUT2D eigenvalue weighted by Crippen LogP contribution is -1.60. The number of allylic oxidation sites excluding steroid dienone is 4. The van der Waals surface area contributed by atoms with Gasteiger partial charge in [-0.15, -0.1) is 0 Å². The summed E-state index contributed by atoms with van der Waals surface area (Å²) < 4.78 is 22.4. The molecular weight excluding hydrogens is 110 g/mol. The highest BCUT2D eigenvalue weighted by molar-refractivity contribution is 5.02. The Balaban J connectivity index is 3.13. The van der Waals surface area contributed by atoms with E-state index >= 15 is 0 Å².